The molecule has 3 rings (SSSR count). The topological polar surface area (TPSA) is 73.6 Å². The summed E-state index contributed by atoms with van der Waals surface area (Å²) in [6.45, 7) is 0. The van der Waals surface area contributed by atoms with Gasteiger partial charge in [0.05, 0.1) is 12.8 Å². The Balaban J connectivity index is 2.19. The van der Waals surface area contributed by atoms with E-state index >= 15 is 0 Å². The standard InChI is InChI=1S/C13H10ClN3O3S/c1-20-11-4-3-9(7-12(11)21(14,18)19)10-8-17-6-2-5-15-13(17)16-10/h2-8H,1H3. The van der Waals surface area contributed by atoms with Crippen molar-refractivity contribution in [1.29, 1.82) is 0 Å². The van der Waals surface area contributed by atoms with Crippen LogP contribution in [0.3, 0.4) is 0 Å². The van der Waals surface area contributed by atoms with Gasteiger partial charge in [-0.15, -0.1) is 0 Å². The summed E-state index contributed by atoms with van der Waals surface area (Å²) in [5.41, 5.74) is 1.21. The van der Waals surface area contributed by atoms with Crippen LogP contribution in [-0.4, -0.2) is 29.9 Å². The van der Waals surface area contributed by atoms with Crippen LogP contribution >= 0.6 is 10.7 Å². The summed E-state index contributed by atoms with van der Waals surface area (Å²) in [7, 11) is 2.91. The Morgan fingerprint density at radius 3 is 2.81 bits per heavy atom. The van der Waals surface area contributed by atoms with Crippen LogP contribution in [-0.2, 0) is 9.05 Å². The minimum Gasteiger partial charge on any atom is -0.495 e. The van der Waals surface area contributed by atoms with Gasteiger partial charge < -0.3 is 4.74 Å². The highest BCUT2D eigenvalue weighted by Gasteiger charge is 2.18. The predicted molar refractivity (Wildman–Crippen MR) is 78.0 cm³/mol. The van der Waals surface area contributed by atoms with Crippen LogP contribution in [0.1, 0.15) is 0 Å². The number of rotatable bonds is 3. The quantitative estimate of drug-likeness (QED) is 0.692. The molecular formula is C13H10ClN3O3S. The zero-order chi connectivity index (χ0) is 15.0. The third-order valence-electron chi connectivity index (χ3n) is 2.96. The lowest BCUT2D eigenvalue weighted by atomic mass is 10.1. The van der Waals surface area contributed by atoms with Gasteiger partial charge in [-0.25, -0.2) is 18.4 Å². The van der Waals surface area contributed by atoms with Crippen molar-refractivity contribution in [2.45, 2.75) is 4.90 Å². The molecule has 21 heavy (non-hydrogen) atoms. The molecule has 1 aromatic carbocycles. The van der Waals surface area contributed by atoms with Gasteiger partial charge in [0.2, 0.25) is 5.78 Å². The number of halogens is 1. The van der Waals surface area contributed by atoms with Gasteiger partial charge in [-0.05, 0) is 24.3 Å². The van der Waals surface area contributed by atoms with Gasteiger partial charge in [-0.3, -0.25) is 4.40 Å². The van der Waals surface area contributed by atoms with Gasteiger partial charge in [0, 0.05) is 34.8 Å². The molecule has 0 aliphatic heterocycles. The van der Waals surface area contributed by atoms with Crippen LogP contribution in [0.2, 0.25) is 0 Å². The summed E-state index contributed by atoms with van der Waals surface area (Å²) in [6.07, 6.45) is 5.20. The van der Waals surface area contributed by atoms with E-state index in [4.69, 9.17) is 15.4 Å². The van der Waals surface area contributed by atoms with Crippen LogP contribution < -0.4 is 4.74 Å². The minimum absolute atomic E-state index is 0.0887. The SMILES string of the molecule is COc1ccc(-c2cn3cccnc3n2)cc1S(=O)(=O)Cl. The fourth-order valence-corrected chi connectivity index (χ4v) is 3.02. The van der Waals surface area contributed by atoms with Crippen LogP contribution in [0, 0.1) is 0 Å². The zero-order valence-corrected chi connectivity index (χ0v) is 12.5. The maximum absolute atomic E-state index is 11.6. The molecule has 0 amide bonds. The van der Waals surface area contributed by atoms with Crippen molar-refractivity contribution in [3.8, 4) is 17.0 Å². The van der Waals surface area contributed by atoms with Crippen molar-refractivity contribution < 1.29 is 13.2 Å². The van der Waals surface area contributed by atoms with Crippen molar-refractivity contribution in [1.82, 2.24) is 14.4 Å². The number of hydrogen-bond donors (Lipinski definition) is 0. The Bertz CT molecular complexity index is 888. The Kier molecular flexibility index (Phi) is 3.30. The Labute approximate surface area is 125 Å². The third kappa shape index (κ3) is 2.57. The van der Waals surface area contributed by atoms with E-state index in [1.54, 1.807) is 35.0 Å². The van der Waals surface area contributed by atoms with Crippen molar-refractivity contribution >= 4 is 25.5 Å². The minimum atomic E-state index is -3.91. The first-order valence-electron chi connectivity index (χ1n) is 5.92. The first-order chi connectivity index (χ1) is 9.99. The van der Waals surface area contributed by atoms with Crippen LogP contribution in [0.4, 0.5) is 0 Å². The molecule has 2 aromatic heterocycles. The number of benzene rings is 1. The van der Waals surface area contributed by atoms with Crippen molar-refractivity contribution in [3.05, 3.63) is 42.9 Å². The number of fused-ring (bicyclic) bond motifs is 1. The van der Waals surface area contributed by atoms with Gasteiger partial charge in [0.1, 0.15) is 10.6 Å². The molecule has 8 heteroatoms. The number of aromatic nitrogens is 3. The highest BCUT2D eigenvalue weighted by Crippen LogP contribution is 2.31. The van der Waals surface area contributed by atoms with E-state index in [0.717, 1.165) is 0 Å². The maximum atomic E-state index is 11.6. The number of nitrogens with zero attached hydrogens (tertiary/aromatic N) is 3. The van der Waals surface area contributed by atoms with Crippen molar-refractivity contribution in [2.75, 3.05) is 7.11 Å². The van der Waals surface area contributed by atoms with E-state index in [-0.39, 0.29) is 10.6 Å². The Morgan fingerprint density at radius 2 is 2.14 bits per heavy atom. The smallest absolute Gasteiger partial charge is 0.265 e. The second kappa shape index (κ2) is 5.01. The first kappa shape index (κ1) is 13.8. The number of imidazole rings is 1. The Morgan fingerprint density at radius 1 is 1.33 bits per heavy atom. The Hall–Kier alpha value is -2.12. The summed E-state index contributed by atoms with van der Waals surface area (Å²) < 4.78 is 30.0. The van der Waals surface area contributed by atoms with Crippen molar-refractivity contribution in [3.63, 3.8) is 0 Å². The fourth-order valence-electron chi connectivity index (χ4n) is 2.00. The molecule has 0 atom stereocenters. The predicted octanol–water partition coefficient (Wildman–Crippen LogP) is 2.33. The largest absolute Gasteiger partial charge is 0.495 e. The molecule has 3 aromatic rings. The monoisotopic (exact) mass is 323 g/mol. The van der Waals surface area contributed by atoms with E-state index < -0.39 is 9.05 Å². The highest BCUT2D eigenvalue weighted by molar-refractivity contribution is 8.13. The molecule has 0 aliphatic carbocycles. The van der Waals surface area contributed by atoms with Crippen LogP contribution in [0.5, 0.6) is 5.75 Å². The lowest BCUT2D eigenvalue weighted by molar-refractivity contribution is 0.403. The lowest BCUT2D eigenvalue weighted by Crippen LogP contribution is -1.96. The third-order valence-corrected chi connectivity index (χ3v) is 4.30. The fraction of sp³-hybridized carbons (Fsp3) is 0.0769. The maximum Gasteiger partial charge on any atom is 0.265 e. The molecule has 2 heterocycles. The molecule has 6 nitrogen and oxygen atoms in total. The average Bonchev–Trinajstić information content (AvgIpc) is 2.89. The van der Waals surface area contributed by atoms with Gasteiger partial charge >= 0.3 is 0 Å². The molecule has 0 saturated heterocycles. The summed E-state index contributed by atoms with van der Waals surface area (Å²) in [5, 5.41) is 0. The van der Waals surface area contributed by atoms with E-state index in [1.807, 2.05) is 6.20 Å². The van der Waals surface area contributed by atoms with E-state index in [0.29, 0.717) is 17.0 Å². The molecule has 0 N–H and O–H groups in total. The van der Waals surface area contributed by atoms with Crippen LogP contribution in [0.25, 0.3) is 17.0 Å². The van der Waals surface area contributed by atoms with E-state index in [9.17, 15) is 8.42 Å². The zero-order valence-electron chi connectivity index (χ0n) is 10.9. The molecule has 0 aliphatic rings. The summed E-state index contributed by atoms with van der Waals surface area (Å²) in [5.74, 6) is 0.717. The lowest BCUT2D eigenvalue weighted by Gasteiger charge is -2.06. The van der Waals surface area contributed by atoms with Gasteiger partial charge in [0.25, 0.3) is 9.05 Å². The van der Waals surface area contributed by atoms with Crippen molar-refractivity contribution in [2.24, 2.45) is 0 Å². The van der Waals surface area contributed by atoms with Gasteiger partial charge in [-0.1, -0.05) is 0 Å². The normalized spacial score (nSPS) is 11.7. The van der Waals surface area contributed by atoms with Gasteiger partial charge in [-0.2, -0.15) is 0 Å². The second-order valence-corrected chi connectivity index (χ2v) is 6.79. The van der Waals surface area contributed by atoms with Gasteiger partial charge in [0.15, 0.2) is 0 Å². The number of ether oxygens (including phenoxy) is 1. The number of hydrogen-bond acceptors (Lipinski definition) is 5. The number of methoxy groups -OCH3 is 1. The molecule has 0 spiro atoms. The first-order valence-corrected chi connectivity index (χ1v) is 8.23. The van der Waals surface area contributed by atoms with E-state index in [1.165, 1.54) is 13.2 Å². The molecule has 0 unspecified atom stereocenters. The summed E-state index contributed by atoms with van der Waals surface area (Å²) in [4.78, 5) is 8.36. The van der Waals surface area contributed by atoms with E-state index in [2.05, 4.69) is 9.97 Å². The van der Waals surface area contributed by atoms with Crippen LogP contribution in [0.15, 0.2) is 47.8 Å². The average molecular weight is 324 g/mol. The highest BCUT2D eigenvalue weighted by atomic mass is 35.7. The summed E-state index contributed by atoms with van der Waals surface area (Å²) in [6, 6.07) is 6.47. The molecule has 0 saturated carbocycles. The molecule has 108 valence electrons. The molecule has 0 radical (unpaired) electrons. The molecule has 0 fully saturated rings. The summed E-state index contributed by atoms with van der Waals surface area (Å²) >= 11 is 0. The molecular weight excluding hydrogens is 314 g/mol. The second-order valence-electron chi connectivity index (χ2n) is 4.26. The molecule has 0 bridgehead atoms.